The Morgan fingerprint density at radius 3 is 1.11 bits per heavy atom. The second-order valence-corrected chi connectivity index (χ2v) is 13.6. The van der Waals surface area contributed by atoms with Gasteiger partial charge in [0.25, 0.3) is 0 Å². The van der Waals surface area contributed by atoms with Gasteiger partial charge in [-0.2, -0.15) is 0 Å². The molecule has 0 aliphatic heterocycles. The highest BCUT2D eigenvalue weighted by Gasteiger charge is 2.25. The van der Waals surface area contributed by atoms with Gasteiger partial charge in [-0.05, 0) is 90.3 Å². The van der Waals surface area contributed by atoms with Crippen LogP contribution in [0.2, 0.25) is 0 Å². The first-order valence-electron chi connectivity index (χ1n) is 18.3. The first-order chi connectivity index (χ1) is 26.3. The van der Waals surface area contributed by atoms with Gasteiger partial charge in [-0.15, -0.1) is 0 Å². The molecule has 0 aliphatic carbocycles. The molecule has 1 heterocycles. The minimum absolute atomic E-state index is 1.13. The Kier molecular flexibility index (Phi) is 7.55. The van der Waals surface area contributed by atoms with Crippen molar-refractivity contribution in [3.63, 3.8) is 0 Å². The molecule has 10 rings (SSSR count). The highest BCUT2D eigenvalue weighted by Crippen LogP contribution is 2.49. The Morgan fingerprint density at radius 2 is 0.623 bits per heavy atom. The minimum Gasteiger partial charge on any atom is -0.309 e. The van der Waals surface area contributed by atoms with Crippen LogP contribution in [0, 0.1) is 0 Å². The molecule has 0 saturated heterocycles. The molecule has 0 N–H and O–H groups in total. The lowest BCUT2D eigenvalue weighted by Gasteiger charge is -2.19. The molecule has 0 radical (unpaired) electrons. The number of hydrogen-bond acceptors (Lipinski definition) is 0. The zero-order valence-corrected chi connectivity index (χ0v) is 29.2. The summed E-state index contributed by atoms with van der Waals surface area (Å²) in [5.74, 6) is 0. The Bertz CT molecular complexity index is 2870. The number of fused-ring (bicyclic) bond motifs is 3. The van der Waals surface area contributed by atoms with E-state index in [1.165, 1.54) is 88.2 Å². The first-order valence-corrected chi connectivity index (χ1v) is 18.3. The van der Waals surface area contributed by atoms with Gasteiger partial charge in [-0.3, -0.25) is 0 Å². The number of benzene rings is 9. The molecule has 53 heavy (non-hydrogen) atoms. The van der Waals surface area contributed by atoms with E-state index in [-0.39, 0.29) is 0 Å². The topological polar surface area (TPSA) is 4.93 Å². The summed E-state index contributed by atoms with van der Waals surface area (Å²) in [7, 11) is 0. The smallest absolute Gasteiger partial charge is 0.0619 e. The van der Waals surface area contributed by atoms with Gasteiger partial charge in [0.1, 0.15) is 0 Å². The van der Waals surface area contributed by atoms with Crippen molar-refractivity contribution < 1.29 is 0 Å². The van der Waals surface area contributed by atoms with E-state index in [1.807, 2.05) is 0 Å². The van der Waals surface area contributed by atoms with Crippen LogP contribution in [0.15, 0.2) is 212 Å². The summed E-state index contributed by atoms with van der Waals surface area (Å²) in [6.07, 6.45) is 0. The lowest BCUT2D eigenvalue weighted by atomic mass is 9.85. The number of nitrogens with zero attached hydrogens (tertiary/aromatic N) is 1. The van der Waals surface area contributed by atoms with Crippen LogP contribution in [-0.2, 0) is 0 Å². The molecule has 0 saturated carbocycles. The fraction of sp³-hybridized carbons (Fsp3) is 0. The van der Waals surface area contributed by atoms with E-state index in [0.29, 0.717) is 0 Å². The molecular formula is C52H35N. The maximum atomic E-state index is 2.49. The molecule has 0 unspecified atom stereocenters. The van der Waals surface area contributed by atoms with Gasteiger partial charge in [0.2, 0.25) is 0 Å². The summed E-state index contributed by atoms with van der Waals surface area (Å²) in [4.78, 5) is 0. The van der Waals surface area contributed by atoms with Crippen molar-refractivity contribution >= 4 is 32.4 Å². The van der Waals surface area contributed by atoms with Crippen molar-refractivity contribution in [1.82, 2.24) is 4.57 Å². The van der Waals surface area contributed by atoms with E-state index < -0.39 is 0 Å². The Labute approximate surface area is 309 Å². The van der Waals surface area contributed by atoms with Crippen molar-refractivity contribution in [1.29, 1.82) is 0 Å². The number of hydrogen-bond donors (Lipinski definition) is 0. The van der Waals surface area contributed by atoms with Crippen molar-refractivity contribution in [2.24, 2.45) is 0 Å². The largest absolute Gasteiger partial charge is 0.309 e. The fourth-order valence-electron chi connectivity index (χ4n) is 8.26. The Morgan fingerprint density at radius 1 is 0.245 bits per heavy atom. The van der Waals surface area contributed by atoms with E-state index >= 15 is 0 Å². The molecule has 0 atom stereocenters. The second kappa shape index (κ2) is 13.0. The van der Waals surface area contributed by atoms with Gasteiger partial charge in [-0.25, -0.2) is 0 Å². The molecule has 1 aromatic heterocycles. The van der Waals surface area contributed by atoms with Gasteiger partial charge in [0.15, 0.2) is 0 Å². The summed E-state index contributed by atoms with van der Waals surface area (Å²) in [6, 6.07) is 77.2. The van der Waals surface area contributed by atoms with Crippen LogP contribution < -0.4 is 0 Å². The van der Waals surface area contributed by atoms with Crippen LogP contribution >= 0.6 is 0 Å². The normalized spacial score (nSPS) is 11.4. The van der Waals surface area contributed by atoms with E-state index in [9.17, 15) is 0 Å². The molecule has 0 amide bonds. The van der Waals surface area contributed by atoms with Gasteiger partial charge in [-0.1, -0.05) is 188 Å². The van der Waals surface area contributed by atoms with Crippen LogP contribution in [0.5, 0.6) is 0 Å². The first kappa shape index (κ1) is 30.8. The lowest BCUT2D eigenvalue weighted by molar-refractivity contribution is 1.14. The van der Waals surface area contributed by atoms with Crippen molar-refractivity contribution in [3.05, 3.63) is 212 Å². The zero-order valence-electron chi connectivity index (χ0n) is 29.2. The van der Waals surface area contributed by atoms with Gasteiger partial charge < -0.3 is 4.57 Å². The molecule has 1 nitrogen and oxygen atoms in total. The van der Waals surface area contributed by atoms with E-state index in [0.717, 1.165) is 5.69 Å². The fourth-order valence-corrected chi connectivity index (χ4v) is 8.26. The monoisotopic (exact) mass is 673 g/mol. The summed E-state index contributed by atoms with van der Waals surface area (Å²) >= 11 is 0. The van der Waals surface area contributed by atoms with Crippen molar-refractivity contribution in [2.45, 2.75) is 0 Å². The Balaban J connectivity index is 1.41. The van der Waals surface area contributed by atoms with Gasteiger partial charge in [0.05, 0.1) is 11.2 Å². The van der Waals surface area contributed by atoms with Gasteiger partial charge in [0, 0.05) is 16.6 Å². The van der Waals surface area contributed by atoms with Crippen LogP contribution in [0.25, 0.3) is 93.9 Å². The average molecular weight is 674 g/mol. The van der Waals surface area contributed by atoms with Gasteiger partial charge >= 0.3 is 0 Å². The maximum Gasteiger partial charge on any atom is 0.0619 e. The maximum absolute atomic E-state index is 2.49. The number of rotatable bonds is 6. The third-order valence-electron chi connectivity index (χ3n) is 10.6. The van der Waals surface area contributed by atoms with Crippen LogP contribution in [0.1, 0.15) is 0 Å². The van der Waals surface area contributed by atoms with Crippen molar-refractivity contribution in [3.8, 4) is 61.5 Å². The molecular weight excluding hydrogens is 639 g/mol. The summed E-state index contributed by atoms with van der Waals surface area (Å²) in [5.41, 5.74) is 14.4. The van der Waals surface area contributed by atoms with Crippen LogP contribution in [-0.4, -0.2) is 4.57 Å². The quantitative estimate of drug-likeness (QED) is 0.155. The minimum atomic E-state index is 1.13. The van der Waals surface area contributed by atoms with E-state index in [2.05, 4.69) is 217 Å². The highest BCUT2D eigenvalue weighted by atomic mass is 15.0. The standard InChI is InChI=1S/C52H35N/c1-6-18-36(19-7-1)37-30-32-42(33-31-37)53-48-35-46-45(34-47(48)51(40-24-12-4-13-25-40)52(53)41-26-14-5-15-27-41)49(38-20-8-2-9-21-38)43-28-16-17-29-44(43)50(46)39-22-10-3-11-23-39/h1-35H. The highest BCUT2D eigenvalue weighted by molar-refractivity contribution is 6.25. The lowest BCUT2D eigenvalue weighted by Crippen LogP contribution is -1.98. The predicted octanol–water partition coefficient (Wildman–Crippen LogP) is 14.3. The molecule has 0 fully saturated rings. The summed E-state index contributed by atoms with van der Waals surface area (Å²) in [5, 5.41) is 6.21. The second-order valence-electron chi connectivity index (χ2n) is 13.6. The Hall–Kier alpha value is -6.96. The molecule has 1 heteroatoms. The van der Waals surface area contributed by atoms with Crippen LogP contribution in [0.3, 0.4) is 0 Å². The molecule has 10 aromatic rings. The number of aromatic nitrogens is 1. The zero-order chi connectivity index (χ0) is 35.1. The molecule has 0 aliphatic rings. The third kappa shape index (κ3) is 5.25. The SMILES string of the molecule is c1ccc(-c2ccc(-n3c(-c4ccccc4)c(-c4ccccc4)c4cc5c(-c6ccccc6)c6ccccc6c(-c6ccccc6)c5cc43)cc2)cc1. The molecule has 248 valence electrons. The predicted molar refractivity (Wildman–Crippen MR) is 225 cm³/mol. The molecule has 0 spiro atoms. The summed E-state index contributed by atoms with van der Waals surface area (Å²) < 4.78 is 2.49. The average Bonchev–Trinajstić information content (AvgIpc) is 3.57. The van der Waals surface area contributed by atoms with E-state index in [1.54, 1.807) is 0 Å². The van der Waals surface area contributed by atoms with Crippen LogP contribution in [0.4, 0.5) is 0 Å². The molecule has 0 bridgehead atoms. The van der Waals surface area contributed by atoms with Crippen molar-refractivity contribution in [2.75, 3.05) is 0 Å². The molecule has 9 aromatic carbocycles. The summed E-state index contributed by atoms with van der Waals surface area (Å²) in [6.45, 7) is 0. The third-order valence-corrected chi connectivity index (χ3v) is 10.6. The van der Waals surface area contributed by atoms with E-state index in [4.69, 9.17) is 0 Å².